The van der Waals surface area contributed by atoms with E-state index in [9.17, 15) is 39.9 Å². The van der Waals surface area contributed by atoms with Crippen LogP contribution in [0, 0.1) is 0 Å². The number of nitrogens with zero attached hydrogens (tertiary/aromatic N) is 1. The van der Waals surface area contributed by atoms with Crippen molar-refractivity contribution in [1.29, 1.82) is 0 Å². The zero-order valence-electron chi connectivity index (χ0n) is 16.7. The first-order valence-electron chi connectivity index (χ1n) is 9.36. The second-order valence-electron chi connectivity index (χ2n) is 7.05. The van der Waals surface area contributed by atoms with Gasteiger partial charge in [-0.1, -0.05) is 35.9 Å². The largest absolute Gasteiger partial charge is 0.434 e. The smallest absolute Gasteiger partial charge is 0.346 e. The highest BCUT2D eigenvalue weighted by Crippen LogP contribution is 2.41. The number of hydrogen-bond donors (Lipinski definition) is 1. The molecule has 3 rings (SSSR count). The molecule has 12 heteroatoms. The summed E-state index contributed by atoms with van der Waals surface area (Å²) < 4.78 is 109. The summed E-state index contributed by atoms with van der Waals surface area (Å²) in [4.78, 5) is 15.2. The molecular weight excluding hydrogens is 496 g/mol. The quantitative estimate of drug-likeness (QED) is 0.379. The van der Waals surface area contributed by atoms with Gasteiger partial charge in [-0.3, -0.25) is 9.78 Å². The lowest BCUT2D eigenvalue weighted by Gasteiger charge is -2.23. The molecule has 0 bridgehead atoms. The van der Waals surface area contributed by atoms with Crippen LogP contribution in [0.4, 0.5) is 35.1 Å². The van der Waals surface area contributed by atoms with Crippen molar-refractivity contribution in [2.24, 2.45) is 0 Å². The van der Waals surface area contributed by atoms with Crippen LogP contribution in [0.3, 0.4) is 0 Å². The summed E-state index contributed by atoms with van der Waals surface area (Å²) in [5, 5.41) is 1.89. The fraction of sp³-hybridized carbons (Fsp3) is 0.182. The number of carbonyl (C=O) groups excluding carboxylic acids is 1. The molecule has 0 radical (unpaired) electrons. The molecule has 0 aliphatic carbocycles. The molecule has 0 unspecified atom stereocenters. The fourth-order valence-electron chi connectivity index (χ4n) is 3.12. The molecule has 3 nitrogen and oxygen atoms in total. The van der Waals surface area contributed by atoms with Crippen molar-refractivity contribution in [3.05, 3.63) is 88.2 Å². The zero-order valence-corrected chi connectivity index (χ0v) is 17.5. The Morgan fingerprint density at radius 3 is 2.03 bits per heavy atom. The second kappa shape index (κ2) is 9.21. The maximum Gasteiger partial charge on any atom is 0.434 e. The highest BCUT2D eigenvalue weighted by atomic mass is 35.5. The van der Waals surface area contributed by atoms with Crippen molar-refractivity contribution >= 4 is 17.5 Å². The number of aromatic nitrogens is 1. The van der Waals surface area contributed by atoms with Crippen molar-refractivity contribution in [3.8, 4) is 11.1 Å². The van der Waals surface area contributed by atoms with Crippen molar-refractivity contribution in [3.63, 3.8) is 0 Å². The lowest BCUT2D eigenvalue weighted by molar-refractivity contribution is -0.142. The third kappa shape index (κ3) is 5.64. The highest BCUT2D eigenvalue weighted by Gasteiger charge is 2.43. The maximum atomic E-state index is 14.8. The van der Waals surface area contributed by atoms with E-state index in [1.165, 1.54) is 24.3 Å². The zero-order chi connectivity index (χ0) is 25.3. The molecule has 34 heavy (non-hydrogen) atoms. The normalized spacial score (nSPS) is 12.5. The fourth-order valence-corrected chi connectivity index (χ4v) is 3.24. The summed E-state index contributed by atoms with van der Waals surface area (Å²) in [6, 6.07) is 9.45. The van der Waals surface area contributed by atoms with Crippen LogP contribution < -0.4 is 5.32 Å². The summed E-state index contributed by atoms with van der Waals surface area (Å²) >= 11 is 5.75. The lowest BCUT2D eigenvalue weighted by Crippen LogP contribution is -2.37. The summed E-state index contributed by atoms with van der Waals surface area (Å²) in [5.41, 5.74) is -5.48. The SMILES string of the molecule is O=C(NCC(F)(F)c1ccc(-c2ccc(Cl)cc2)cc1C(F)(F)F)c1cccnc1C(F)(F)F. The molecule has 1 aromatic heterocycles. The van der Waals surface area contributed by atoms with Gasteiger partial charge in [0.15, 0.2) is 5.69 Å². The summed E-state index contributed by atoms with van der Waals surface area (Å²) in [6.07, 6.45) is -9.47. The summed E-state index contributed by atoms with van der Waals surface area (Å²) in [7, 11) is 0. The standard InChI is InChI=1S/C22H13ClF8N2O/c23-14-6-3-12(4-7-14)13-5-8-16(17(10-13)21(26,27)28)20(24,25)11-33-19(34)15-2-1-9-32-18(15)22(29,30)31/h1-10H,11H2,(H,33,34). The molecule has 3 aromatic rings. The number of halogens is 9. The molecule has 0 saturated heterocycles. The Hall–Kier alpha value is -3.21. The van der Waals surface area contributed by atoms with Gasteiger partial charge in [0, 0.05) is 16.8 Å². The number of hydrogen-bond acceptors (Lipinski definition) is 2. The van der Waals surface area contributed by atoms with Gasteiger partial charge in [0.25, 0.3) is 11.8 Å². The van der Waals surface area contributed by atoms with E-state index in [-0.39, 0.29) is 11.1 Å². The van der Waals surface area contributed by atoms with Crippen LogP contribution in [0.2, 0.25) is 5.02 Å². The van der Waals surface area contributed by atoms with E-state index in [0.29, 0.717) is 23.2 Å². The van der Waals surface area contributed by atoms with E-state index in [0.717, 1.165) is 18.3 Å². The first-order chi connectivity index (χ1) is 15.7. The Kier molecular flexibility index (Phi) is 6.88. The number of rotatable bonds is 5. The highest BCUT2D eigenvalue weighted by molar-refractivity contribution is 6.30. The molecule has 1 amide bonds. The number of pyridine rings is 1. The van der Waals surface area contributed by atoms with Crippen LogP contribution in [-0.2, 0) is 18.3 Å². The van der Waals surface area contributed by atoms with Gasteiger partial charge in [-0.2, -0.15) is 35.1 Å². The van der Waals surface area contributed by atoms with Gasteiger partial charge in [-0.25, -0.2) is 0 Å². The van der Waals surface area contributed by atoms with Gasteiger partial charge < -0.3 is 5.32 Å². The van der Waals surface area contributed by atoms with E-state index in [4.69, 9.17) is 11.6 Å². The van der Waals surface area contributed by atoms with Crippen LogP contribution in [-0.4, -0.2) is 17.4 Å². The van der Waals surface area contributed by atoms with E-state index in [2.05, 4.69) is 4.98 Å². The number of carbonyl (C=O) groups is 1. The number of benzene rings is 2. The predicted octanol–water partition coefficient (Wildman–Crippen LogP) is 6.96. The van der Waals surface area contributed by atoms with Gasteiger partial charge >= 0.3 is 12.4 Å². The third-order valence-electron chi connectivity index (χ3n) is 4.69. The maximum absolute atomic E-state index is 14.8. The Balaban J connectivity index is 1.91. The van der Waals surface area contributed by atoms with Gasteiger partial charge in [-0.05, 0) is 41.5 Å². The Morgan fingerprint density at radius 2 is 1.44 bits per heavy atom. The molecule has 2 aromatic carbocycles. The van der Waals surface area contributed by atoms with Crippen LogP contribution >= 0.6 is 11.6 Å². The van der Waals surface area contributed by atoms with E-state index in [1.807, 2.05) is 0 Å². The molecule has 180 valence electrons. The number of alkyl halides is 8. The molecule has 0 spiro atoms. The second-order valence-corrected chi connectivity index (χ2v) is 7.49. The molecule has 1 heterocycles. The van der Waals surface area contributed by atoms with Crippen LogP contribution in [0.1, 0.15) is 27.2 Å². The van der Waals surface area contributed by atoms with Gasteiger partial charge in [0.1, 0.15) is 0 Å². The first-order valence-corrected chi connectivity index (χ1v) is 9.74. The summed E-state index contributed by atoms with van der Waals surface area (Å²) in [5.74, 6) is -5.83. The molecule has 0 atom stereocenters. The van der Waals surface area contributed by atoms with Crippen molar-refractivity contribution < 1.29 is 39.9 Å². The molecule has 1 N–H and O–H groups in total. The summed E-state index contributed by atoms with van der Waals surface area (Å²) in [6.45, 7) is -1.68. The van der Waals surface area contributed by atoms with E-state index >= 15 is 0 Å². The molecule has 0 aliphatic rings. The minimum absolute atomic E-state index is 0.0160. The molecular formula is C22H13ClF8N2O. The van der Waals surface area contributed by atoms with Crippen LogP contribution in [0.15, 0.2) is 60.8 Å². The Labute approximate surface area is 192 Å². The van der Waals surface area contributed by atoms with Gasteiger partial charge in [-0.15, -0.1) is 0 Å². The topological polar surface area (TPSA) is 42.0 Å². The van der Waals surface area contributed by atoms with E-state index < -0.39 is 53.1 Å². The monoisotopic (exact) mass is 508 g/mol. The first kappa shape index (κ1) is 25.4. The van der Waals surface area contributed by atoms with Crippen molar-refractivity contribution in [2.75, 3.05) is 6.54 Å². The number of nitrogens with one attached hydrogen (secondary N) is 1. The predicted molar refractivity (Wildman–Crippen MR) is 107 cm³/mol. The van der Waals surface area contributed by atoms with Crippen molar-refractivity contribution in [1.82, 2.24) is 10.3 Å². The van der Waals surface area contributed by atoms with E-state index in [1.54, 1.807) is 5.32 Å². The van der Waals surface area contributed by atoms with Crippen LogP contribution in [0.5, 0.6) is 0 Å². The molecule has 0 saturated carbocycles. The Bertz CT molecular complexity index is 1190. The van der Waals surface area contributed by atoms with Gasteiger partial charge in [0.05, 0.1) is 17.7 Å². The average molecular weight is 509 g/mol. The van der Waals surface area contributed by atoms with Crippen molar-refractivity contribution in [2.45, 2.75) is 18.3 Å². The lowest BCUT2D eigenvalue weighted by atomic mass is 9.95. The minimum atomic E-state index is -5.18. The van der Waals surface area contributed by atoms with Gasteiger partial charge in [0.2, 0.25) is 0 Å². The molecule has 0 aliphatic heterocycles. The minimum Gasteiger partial charge on any atom is -0.346 e. The third-order valence-corrected chi connectivity index (χ3v) is 4.94. The average Bonchev–Trinajstić information content (AvgIpc) is 2.76. The van der Waals surface area contributed by atoms with Crippen LogP contribution in [0.25, 0.3) is 11.1 Å². The number of amides is 1. The Morgan fingerprint density at radius 1 is 0.824 bits per heavy atom. The molecule has 0 fully saturated rings.